The monoisotopic (exact) mass is 497 g/mol. The maximum atomic E-state index is 13.4. The molecule has 34 heavy (non-hydrogen) atoms. The highest BCUT2D eigenvalue weighted by Crippen LogP contribution is 2.30. The fourth-order valence-electron chi connectivity index (χ4n) is 4.64. The van der Waals surface area contributed by atoms with Crippen molar-refractivity contribution < 1.29 is 17.9 Å². The molecule has 0 bridgehead atoms. The van der Waals surface area contributed by atoms with Gasteiger partial charge in [-0.2, -0.15) is 4.31 Å². The Labute approximate surface area is 204 Å². The second-order valence-corrected chi connectivity index (χ2v) is 11.3. The van der Waals surface area contributed by atoms with Gasteiger partial charge in [0.2, 0.25) is 10.0 Å². The van der Waals surface area contributed by atoms with Crippen LogP contribution < -0.4 is 15.0 Å². The van der Waals surface area contributed by atoms with Crippen molar-refractivity contribution in [1.82, 2.24) is 4.31 Å². The molecule has 1 aromatic heterocycles. The van der Waals surface area contributed by atoms with Crippen molar-refractivity contribution in [3.05, 3.63) is 69.9 Å². The van der Waals surface area contributed by atoms with E-state index in [2.05, 4.69) is 10.2 Å². The first-order valence-corrected chi connectivity index (χ1v) is 13.7. The number of hydrogen-bond donors (Lipinski definition) is 1. The summed E-state index contributed by atoms with van der Waals surface area (Å²) in [6.07, 6.45) is 3.21. The molecule has 2 aromatic carbocycles. The Bertz CT molecular complexity index is 1310. The predicted octanol–water partition coefficient (Wildman–Crippen LogP) is 4.01. The Kier molecular flexibility index (Phi) is 6.33. The molecule has 1 aliphatic heterocycles. The number of thiophene rings is 1. The molecule has 1 N–H and O–H groups in total. The average Bonchev–Trinajstić information content (AvgIpc) is 3.54. The van der Waals surface area contributed by atoms with Gasteiger partial charge in [-0.25, -0.2) is 8.42 Å². The molecule has 1 aliphatic carbocycles. The first-order valence-electron chi connectivity index (χ1n) is 11.4. The topological polar surface area (TPSA) is 79.0 Å². The summed E-state index contributed by atoms with van der Waals surface area (Å²) >= 11 is 1.15. The summed E-state index contributed by atoms with van der Waals surface area (Å²) in [5.74, 6) is 0.381. The van der Waals surface area contributed by atoms with Crippen molar-refractivity contribution in [2.24, 2.45) is 0 Å². The number of ether oxygens (including phenoxy) is 1. The van der Waals surface area contributed by atoms with Crippen LogP contribution in [0.25, 0.3) is 0 Å². The zero-order chi connectivity index (χ0) is 23.7. The van der Waals surface area contributed by atoms with Crippen LogP contribution in [0.4, 0.5) is 11.4 Å². The number of nitrogens with zero attached hydrogens (tertiary/aromatic N) is 2. The van der Waals surface area contributed by atoms with Crippen LogP contribution in [0.2, 0.25) is 0 Å². The van der Waals surface area contributed by atoms with Gasteiger partial charge in [-0.1, -0.05) is 12.1 Å². The number of carbonyl (C=O) groups excluding carboxylic acids is 1. The molecule has 0 saturated carbocycles. The van der Waals surface area contributed by atoms with Crippen molar-refractivity contribution in [3.63, 3.8) is 0 Å². The summed E-state index contributed by atoms with van der Waals surface area (Å²) in [5, 5.41) is 4.56. The van der Waals surface area contributed by atoms with E-state index in [1.165, 1.54) is 21.5 Å². The van der Waals surface area contributed by atoms with Crippen LogP contribution in [-0.2, 0) is 22.9 Å². The van der Waals surface area contributed by atoms with Crippen LogP contribution in [0, 0.1) is 0 Å². The quantitative estimate of drug-likeness (QED) is 0.557. The second kappa shape index (κ2) is 9.40. The van der Waals surface area contributed by atoms with Gasteiger partial charge in [0.05, 0.1) is 7.11 Å². The molecule has 0 unspecified atom stereocenters. The molecule has 3 aromatic rings. The number of sulfonamides is 1. The molecule has 0 radical (unpaired) electrons. The van der Waals surface area contributed by atoms with Gasteiger partial charge in [-0.15, -0.1) is 11.3 Å². The molecular weight excluding hydrogens is 470 g/mol. The van der Waals surface area contributed by atoms with E-state index in [9.17, 15) is 13.2 Å². The van der Waals surface area contributed by atoms with Gasteiger partial charge in [-0.05, 0) is 66.1 Å². The number of aryl methyl sites for hydroxylation is 2. The van der Waals surface area contributed by atoms with Crippen molar-refractivity contribution in [3.8, 4) is 5.75 Å². The molecule has 0 atom stereocenters. The third kappa shape index (κ3) is 4.43. The Balaban J connectivity index is 1.29. The van der Waals surface area contributed by atoms with Crippen molar-refractivity contribution in [1.29, 1.82) is 0 Å². The maximum absolute atomic E-state index is 13.4. The third-order valence-electron chi connectivity index (χ3n) is 6.47. The fourth-order valence-corrected chi connectivity index (χ4v) is 7.35. The lowest BCUT2D eigenvalue weighted by atomic mass is 10.1. The Morgan fingerprint density at radius 2 is 1.79 bits per heavy atom. The number of fused-ring (bicyclic) bond motifs is 1. The minimum Gasteiger partial charge on any atom is -0.497 e. The lowest BCUT2D eigenvalue weighted by Crippen LogP contribution is -2.48. The Morgan fingerprint density at radius 1 is 1.00 bits per heavy atom. The largest absolute Gasteiger partial charge is 0.497 e. The number of nitrogens with one attached hydrogen (secondary N) is 1. The second-order valence-electron chi connectivity index (χ2n) is 8.50. The Morgan fingerprint density at radius 3 is 2.59 bits per heavy atom. The zero-order valence-electron chi connectivity index (χ0n) is 19.0. The highest BCUT2D eigenvalue weighted by Gasteiger charge is 2.32. The molecule has 2 heterocycles. The summed E-state index contributed by atoms with van der Waals surface area (Å²) in [6.45, 7) is 1.82. The number of methoxy groups -OCH3 is 1. The highest BCUT2D eigenvalue weighted by atomic mass is 32.2. The fraction of sp³-hybridized carbons (Fsp3) is 0.320. The van der Waals surface area contributed by atoms with E-state index >= 15 is 0 Å². The van der Waals surface area contributed by atoms with Gasteiger partial charge < -0.3 is 15.0 Å². The van der Waals surface area contributed by atoms with E-state index in [4.69, 9.17) is 4.74 Å². The van der Waals surface area contributed by atoms with Crippen molar-refractivity contribution in [2.45, 2.75) is 24.2 Å². The first-order chi connectivity index (χ1) is 16.5. The van der Waals surface area contributed by atoms with E-state index in [0.29, 0.717) is 31.9 Å². The summed E-state index contributed by atoms with van der Waals surface area (Å²) in [4.78, 5) is 15.5. The molecule has 0 spiro atoms. The minimum atomic E-state index is -3.78. The summed E-state index contributed by atoms with van der Waals surface area (Å²) in [7, 11) is -2.16. The van der Waals surface area contributed by atoms with Gasteiger partial charge in [0.15, 0.2) is 0 Å². The Hall–Kier alpha value is -2.88. The van der Waals surface area contributed by atoms with Crippen LogP contribution in [0.5, 0.6) is 5.75 Å². The summed E-state index contributed by atoms with van der Waals surface area (Å²) < 4.78 is 33.6. The molecular formula is C25H27N3O4S2. The zero-order valence-corrected chi connectivity index (χ0v) is 20.6. The summed E-state index contributed by atoms with van der Waals surface area (Å²) in [6, 6.07) is 15.2. The third-order valence-corrected chi connectivity index (χ3v) is 9.45. The van der Waals surface area contributed by atoms with E-state index in [1.807, 2.05) is 42.5 Å². The van der Waals surface area contributed by atoms with Gasteiger partial charge >= 0.3 is 0 Å². The molecule has 2 aliphatic rings. The van der Waals surface area contributed by atoms with Crippen LogP contribution >= 0.6 is 11.3 Å². The molecule has 1 saturated heterocycles. The van der Waals surface area contributed by atoms with E-state index < -0.39 is 10.0 Å². The highest BCUT2D eigenvalue weighted by molar-refractivity contribution is 7.89. The minimum absolute atomic E-state index is 0.0750. The number of amides is 1. The van der Waals surface area contributed by atoms with Gasteiger partial charge in [0, 0.05) is 43.6 Å². The number of carbonyl (C=O) groups is 1. The number of hydrogen-bond acceptors (Lipinski definition) is 6. The summed E-state index contributed by atoms with van der Waals surface area (Å²) in [5.41, 5.74) is 4.28. The number of anilines is 2. The van der Waals surface area contributed by atoms with Crippen molar-refractivity contribution in [2.75, 3.05) is 43.5 Å². The first kappa shape index (κ1) is 22.9. The lowest BCUT2D eigenvalue weighted by Gasteiger charge is -2.35. The average molecular weight is 498 g/mol. The van der Waals surface area contributed by atoms with Crippen LogP contribution in [0.3, 0.4) is 0 Å². The maximum Gasteiger partial charge on any atom is 0.267 e. The lowest BCUT2D eigenvalue weighted by molar-refractivity contribution is 0.102. The molecule has 9 heteroatoms. The van der Waals surface area contributed by atoms with Gasteiger partial charge in [0.25, 0.3) is 5.91 Å². The molecule has 1 fully saturated rings. The molecule has 7 nitrogen and oxygen atoms in total. The SMILES string of the molecule is COc1cccc(N2CCN(S(=O)(=O)c3ccsc3C(=O)Nc3ccc4c(c3)CCC4)CC2)c1. The predicted molar refractivity (Wildman–Crippen MR) is 135 cm³/mol. The van der Waals surface area contributed by atoms with Crippen LogP contribution in [-0.4, -0.2) is 51.9 Å². The standard InChI is InChI=1S/C25H27N3O4S2/c1-32-22-7-3-6-21(17-22)27-11-13-28(14-12-27)34(30,31)23-10-15-33-24(23)25(29)26-20-9-8-18-4-2-5-19(18)16-20/h3,6-10,15-17H,2,4-5,11-14H2,1H3,(H,26,29). The molecule has 5 rings (SSSR count). The smallest absolute Gasteiger partial charge is 0.267 e. The number of benzene rings is 2. The van der Waals surface area contributed by atoms with Crippen LogP contribution in [0.1, 0.15) is 27.2 Å². The van der Waals surface area contributed by atoms with Crippen LogP contribution in [0.15, 0.2) is 58.8 Å². The van der Waals surface area contributed by atoms with Gasteiger partial charge in [0.1, 0.15) is 15.5 Å². The number of piperazine rings is 1. The molecule has 1 amide bonds. The van der Waals surface area contributed by atoms with Crippen molar-refractivity contribution >= 4 is 38.6 Å². The van der Waals surface area contributed by atoms with E-state index in [0.717, 1.165) is 42.0 Å². The van der Waals surface area contributed by atoms with Gasteiger partial charge in [-0.3, -0.25) is 4.79 Å². The van der Waals surface area contributed by atoms with E-state index in [-0.39, 0.29) is 15.7 Å². The van der Waals surface area contributed by atoms with E-state index in [1.54, 1.807) is 12.5 Å². The normalized spacial score (nSPS) is 16.3. The molecule has 178 valence electrons. The number of rotatable bonds is 6.